The highest BCUT2D eigenvalue weighted by Crippen LogP contribution is 2.36. The summed E-state index contributed by atoms with van der Waals surface area (Å²) in [6.45, 7) is 5.86. The van der Waals surface area contributed by atoms with Crippen LogP contribution in [0.4, 0.5) is 5.69 Å². The van der Waals surface area contributed by atoms with Gasteiger partial charge in [-0.15, -0.1) is 0 Å². The number of piperazine rings is 1. The Labute approximate surface area is 223 Å². The van der Waals surface area contributed by atoms with Gasteiger partial charge in [-0.2, -0.15) is 0 Å². The first-order valence-electron chi connectivity index (χ1n) is 13.9. The van der Waals surface area contributed by atoms with Gasteiger partial charge in [0.15, 0.2) is 0 Å². The van der Waals surface area contributed by atoms with Gasteiger partial charge in [-0.05, 0) is 60.7 Å². The molecule has 192 valence electrons. The van der Waals surface area contributed by atoms with Gasteiger partial charge in [0.25, 0.3) is 0 Å². The molecule has 2 N–H and O–H groups in total. The predicted molar refractivity (Wildman–Crippen MR) is 154 cm³/mol. The molecular formula is C32H34N6. The van der Waals surface area contributed by atoms with E-state index in [0.29, 0.717) is 0 Å². The van der Waals surface area contributed by atoms with Crippen molar-refractivity contribution < 1.29 is 0 Å². The van der Waals surface area contributed by atoms with Crippen LogP contribution >= 0.6 is 0 Å². The smallest absolute Gasteiger partial charge is 0.0785 e. The van der Waals surface area contributed by atoms with Crippen LogP contribution in [0.1, 0.15) is 41.4 Å². The molecule has 0 unspecified atom stereocenters. The quantitative estimate of drug-likeness (QED) is 0.317. The van der Waals surface area contributed by atoms with Gasteiger partial charge in [-0.1, -0.05) is 36.4 Å². The molecule has 6 nitrogen and oxygen atoms in total. The average Bonchev–Trinajstić information content (AvgIpc) is 3.37. The summed E-state index contributed by atoms with van der Waals surface area (Å²) in [7, 11) is 0. The lowest BCUT2D eigenvalue weighted by Crippen LogP contribution is -2.43. The molecule has 1 fully saturated rings. The molecule has 5 aromatic rings. The second kappa shape index (κ2) is 10.2. The number of hydrogen-bond acceptors (Lipinski definition) is 5. The van der Waals surface area contributed by atoms with E-state index in [4.69, 9.17) is 9.97 Å². The molecule has 1 atom stereocenters. The summed E-state index contributed by atoms with van der Waals surface area (Å²) in [5, 5.41) is 5.95. The van der Waals surface area contributed by atoms with Crippen molar-refractivity contribution in [1.82, 2.24) is 25.2 Å². The lowest BCUT2D eigenvalue weighted by atomic mass is 9.90. The van der Waals surface area contributed by atoms with E-state index >= 15 is 0 Å². The molecule has 0 saturated carbocycles. The number of pyridine rings is 2. The van der Waals surface area contributed by atoms with E-state index in [9.17, 15) is 0 Å². The Bertz CT molecular complexity index is 1550. The number of para-hydroxylation sites is 1. The SMILES string of the molecule is c1cnc2c(c1)CCC[C@@H]2N(Cc1ccc(N2CCNCC2)cc1)Cc1nccc2c1[nH]c1ccccc12. The first kappa shape index (κ1) is 23.4. The van der Waals surface area contributed by atoms with Gasteiger partial charge in [0.2, 0.25) is 0 Å². The Hall–Kier alpha value is -3.74. The largest absolute Gasteiger partial charge is 0.369 e. The Morgan fingerprint density at radius 1 is 0.842 bits per heavy atom. The van der Waals surface area contributed by atoms with Gasteiger partial charge < -0.3 is 15.2 Å². The molecule has 0 bridgehead atoms. The van der Waals surface area contributed by atoms with Crippen LogP contribution < -0.4 is 10.2 Å². The van der Waals surface area contributed by atoms with Crippen LogP contribution in [0, 0.1) is 0 Å². The Morgan fingerprint density at radius 2 is 1.71 bits per heavy atom. The number of nitrogens with zero attached hydrogens (tertiary/aromatic N) is 4. The summed E-state index contributed by atoms with van der Waals surface area (Å²) < 4.78 is 0. The number of anilines is 1. The molecule has 2 aromatic carbocycles. The summed E-state index contributed by atoms with van der Waals surface area (Å²) >= 11 is 0. The minimum atomic E-state index is 0.272. The van der Waals surface area contributed by atoms with Crippen LogP contribution in [0.25, 0.3) is 21.8 Å². The van der Waals surface area contributed by atoms with Gasteiger partial charge in [0.05, 0.1) is 22.9 Å². The zero-order valence-corrected chi connectivity index (χ0v) is 21.7. The predicted octanol–water partition coefficient (Wildman–Crippen LogP) is 5.60. The van der Waals surface area contributed by atoms with Gasteiger partial charge in [0, 0.05) is 73.6 Å². The van der Waals surface area contributed by atoms with Crippen molar-refractivity contribution in [3.63, 3.8) is 0 Å². The Morgan fingerprint density at radius 3 is 2.61 bits per heavy atom. The van der Waals surface area contributed by atoms with E-state index in [1.807, 2.05) is 12.4 Å². The van der Waals surface area contributed by atoms with E-state index in [1.165, 1.54) is 39.7 Å². The first-order chi connectivity index (χ1) is 18.8. The van der Waals surface area contributed by atoms with Gasteiger partial charge >= 0.3 is 0 Å². The van der Waals surface area contributed by atoms with E-state index < -0.39 is 0 Å². The van der Waals surface area contributed by atoms with Crippen molar-refractivity contribution >= 4 is 27.5 Å². The maximum atomic E-state index is 4.90. The maximum Gasteiger partial charge on any atom is 0.0785 e. The minimum Gasteiger partial charge on any atom is -0.369 e. The van der Waals surface area contributed by atoms with E-state index in [2.05, 4.69) is 86.8 Å². The number of rotatable bonds is 6. The fourth-order valence-corrected chi connectivity index (χ4v) is 6.33. The maximum absolute atomic E-state index is 4.90. The van der Waals surface area contributed by atoms with Crippen molar-refractivity contribution in [2.75, 3.05) is 31.1 Å². The summed E-state index contributed by atoms with van der Waals surface area (Å²) in [4.78, 5) is 18.5. The second-order valence-electron chi connectivity index (χ2n) is 10.6. The Balaban J connectivity index is 1.24. The number of aryl methyl sites for hydroxylation is 1. The minimum absolute atomic E-state index is 0.272. The van der Waals surface area contributed by atoms with Crippen LogP contribution in [0.15, 0.2) is 79.1 Å². The van der Waals surface area contributed by atoms with Crippen molar-refractivity contribution in [2.24, 2.45) is 0 Å². The highest BCUT2D eigenvalue weighted by molar-refractivity contribution is 6.07. The monoisotopic (exact) mass is 502 g/mol. The van der Waals surface area contributed by atoms with Crippen molar-refractivity contribution in [1.29, 1.82) is 0 Å². The van der Waals surface area contributed by atoms with Gasteiger partial charge in [-0.3, -0.25) is 14.9 Å². The molecule has 38 heavy (non-hydrogen) atoms. The highest BCUT2D eigenvalue weighted by atomic mass is 15.2. The summed E-state index contributed by atoms with van der Waals surface area (Å²) in [5.41, 5.74) is 8.67. The third-order valence-electron chi connectivity index (χ3n) is 8.27. The molecule has 1 aliphatic carbocycles. The third kappa shape index (κ3) is 4.44. The van der Waals surface area contributed by atoms with E-state index in [-0.39, 0.29) is 6.04 Å². The van der Waals surface area contributed by atoms with E-state index in [1.54, 1.807) is 0 Å². The lowest BCUT2D eigenvalue weighted by Gasteiger charge is -2.35. The molecule has 7 rings (SSSR count). The number of aromatic nitrogens is 3. The first-order valence-corrected chi connectivity index (χ1v) is 13.9. The number of nitrogens with one attached hydrogen (secondary N) is 2. The van der Waals surface area contributed by atoms with Crippen molar-refractivity contribution in [3.8, 4) is 0 Å². The molecular weight excluding hydrogens is 468 g/mol. The van der Waals surface area contributed by atoms with E-state index in [0.717, 1.165) is 68.8 Å². The number of hydrogen-bond donors (Lipinski definition) is 2. The van der Waals surface area contributed by atoms with Gasteiger partial charge in [-0.25, -0.2) is 0 Å². The normalized spacial score (nSPS) is 17.8. The Kier molecular flexibility index (Phi) is 6.27. The molecule has 3 aromatic heterocycles. The lowest BCUT2D eigenvalue weighted by molar-refractivity contribution is 0.155. The fourth-order valence-electron chi connectivity index (χ4n) is 6.33. The molecule has 4 heterocycles. The molecule has 1 saturated heterocycles. The zero-order chi connectivity index (χ0) is 25.3. The number of benzene rings is 2. The molecule has 0 amide bonds. The topological polar surface area (TPSA) is 60.1 Å². The number of aromatic amines is 1. The molecule has 2 aliphatic rings. The van der Waals surface area contributed by atoms with Gasteiger partial charge in [0.1, 0.15) is 0 Å². The molecule has 1 aliphatic heterocycles. The standard InChI is InChI=1S/C32H34N6/c1-2-8-28-26(7-1)27-14-16-34-29(32(27)36-28)22-38(30-9-3-5-24-6-4-15-35-31(24)30)21-23-10-12-25(13-11-23)37-19-17-33-18-20-37/h1-2,4,6-8,10-16,30,33,36H,3,5,9,17-22H2/t30-/m0/s1. The second-order valence-corrected chi connectivity index (χ2v) is 10.6. The van der Waals surface area contributed by atoms with Crippen molar-refractivity contribution in [3.05, 3.63) is 102 Å². The fraction of sp³-hybridized carbons (Fsp3) is 0.312. The average molecular weight is 503 g/mol. The summed E-state index contributed by atoms with van der Waals surface area (Å²) in [6.07, 6.45) is 7.33. The van der Waals surface area contributed by atoms with Crippen LogP contribution in [-0.4, -0.2) is 46.0 Å². The molecule has 6 heteroatoms. The highest BCUT2D eigenvalue weighted by Gasteiger charge is 2.28. The summed E-state index contributed by atoms with van der Waals surface area (Å²) in [6, 6.07) is 24.5. The summed E-state index contributed by atoms with van der Waals surface area (Å²) in [5.74, 6) is 0. The zero-order valence-electron chi connectivity index (χ0n) is 21.7. The van der Waals surface area contributed by atoms with Crippen LogP contribution in [0.3, 0.4) is 0 Å². The third-order valence-corrected chi connectivity index (χ3v) is 8.27. The molecule has 0 radical (unpaired) electrons. The number of fused-ring (bicyclic) bond motifs is 4. The van der Waals surface area contributed by atoms with Crippen LogP contribution in [0.5, 0.6) is 0 Å². The van der Waals surface area contributed by atoms with Crippen molar-refractivity contribution in [2.45, 2.75) is 38.4 Å². The van der Waals surface area contributed by atoms with Crippen LogP contribution in [-0.2, 0) is 19.5 Å². The van der Waals surface area contributed by atoms with Crippen LogP contribution in [0.2, 0.25) is 0 Å². The number of H-pyrrole nitrogens is 1. The molecule has 0 spiro atoms.